The summed E-state index contributed by atoms with van der Waals surface area (Å²) in [6.45, 7) is 3.40. The van der Waals surface area contributed by atoms with Crippen LogP contribution in [0, 0.1) is 24.5 Å². The highest BCUT2D eigenvalue weighted by Crippen LogP contribution is 2.40. The zero-order valence-corrected chi connectivity index (χ0v) is 20.8. The molecule has 3 aromatic rings. The van der Waals surface area contributed by atoms with E-state index in [1.165, 1.54) is 14.2 Å². The first-order valence-electron chi connectivity index (χ1n) is 12.1. The monoisotopic (exact) mass is 514 g/mol. The number of pyridine rings is 1. The van der Waals surface area contributed by atoms with Crippen LogP contribution in [0.3, 0.4) is 0 Å². The Morgan fingerprint density at radius 3 is 2.57 bits per heavy atom. The van der Waals surface area contributed by atoms with Gasteiger partial charge in [-0.15, -0.1) is 0 Å². The van der Waals surface area contributed by atoms with Crippen molar-refractivity contribution >= 4 is 17.6 Å². The van der Waals surface area contributed by atoms with Gasteiger partial charge in [0.1, 0.15) is 17.3 Å². The molecule has 0 aliphatic carbocycles. The Morgan fingerprint density at radius 2 is 1.92 bits per heavy atom. The number of rotatable bonds is 4. The lowest BCUT2D eigenvalue weighted by Gasteiger charge is -2.43. The minimum atomic E-state index is -0.934. The highest BCUT2D eigenvalue weighted by Gasteiger charge is 2.49. The number of hydrogen-bond acceptors (Lipinski definition) is 6. The standard InChI is InChI=1S/C26H28F2N4O5/c1-15-4-6-32-20(13-17-14-31(25(34)35-3)7-5-26(17)36-8-9-37-26)23(30-21(32)10-15)22-18(27)11-16(12-19(22)28)24(33)29-2/h4,6,10-12,17H,5,7-9,13-14H2,1-3H3,(H,29,33). The Morgan fingerprint density at radius 1 is 1.22 bits per heavy atom. The van der Waals surface area contributed by atoms with E-state index in [2.05, 4.69) is 10.3 Å². The fourth-order valence-corrected chi connectivity index (χ4v) is 5.26. The number of imidazole rings is 1. The zero-order valence-electron chi connectivity index (χ0n) is 20.8. The molecular formula is C26H28F2N4O5. The number of aromatic nitrogens is 2. The number of ether oxygens (including phenoxy) is 3. The van der Waals surface area contributed by atoms with Gasteiger partial charge in [-0.1, -0.05) is 0 Å². The Labute approximate surface area is 212 Å². The molecule has 2 aromatic heterocycles. The van der Waals surface area contributed by atoms with Crippen molar-refractivity contribution in [2.75, 3.05) is 40.5 Å². The van der Waals surface area contributed by atoms with Gasteiger partial charge >= 0.3 is 6.09 Å². The van der Waals surface area contributed by atoms with Crippen LogP contribution < -0.4 is 5.32 Å². The van der Waals surface area contributed by atoms with Crippen molar-refractivity contribution in [2.24, 2.45) is 5.92 Å². The van der Waals surface area contributed by atoms with Gasteiger partial charge in [0.25, 0.3) is 5.91 Å². The molecule has 196 valence electrons. The van der Waals surface area contributed by atoms with Crippen LogP contribution in [0.5, 0.6) is 0 Å². The second-order valence-corrected chi connectivity index (χ2v) is 9.31. The predicted octanol–water partition coefficient (Wildman–Crippen LogP) is 3.32. The number of carbonyl (C=O) groups excluding carboxylic acids is 2. The summed E-state index contributed by atoms with van der Waals surface area (Å²) in [4.78, 5) is 30.5. The molecule has 2 aliphatic rings. The third-order valence-corrected chi connectivity index (χ3v) is 7.09. The van der Waals surface area contributed by atoms with E-state index in [0.29, 0.717) is 37.5 Å². The van der Waals surface area contributed by atoms with E-state index in [1.54, 1.807) is 15.5 Å². The molecule has 1 atom stereocenters. The Bertz CT molecular complexity index is 1350. The number of benzene rings is 1. The second-order valence-electron chi connectivity index (χ2n) is 9.31. The predicted molar refractivity (Wildman–Crippen MR) is 129 cm³/mol. The summed E-state index contributed by atoms with van der Waals surface area (Å²) in [6, 6.07) is 5.70. The lowest BCUT2D eigenvalue weighted by atomic mass is 9.86. The number of piperidine rings is 1. The van der Waals surface area contributed by atoms with Gasteiger partial charge in [0.2, 0.25) is 0 Å². The van der Waals surface area contributed by atoms with Crippen LogP contribution in [0.25, 0.3) is 16.9 Å². The Balaban J connectivity index is 1.63. The van der Waals surface area contributed by atoms with Crippen LogP contribution in [0.1, 0.15) is 28.0 Å². The van der Waals surface area contributed by atoms with Crippen molar-refractivity contribution in [3.63, 3.8) is 0 Å². The molecule has 0 bridgehead atoms. The van der Waals surface area contributed by atoms with Crippen LogP contribution >= 0.6 is 0 Å². The lowest BCUT2D eigenvalue weighted by Crippen LogP contribution is -2.55. The fourth-order valence-electron chi connectivity index (χ4n) is 5.26. The average Bonchev–Trinajstić information content (AvgIpc) is 3.49. The summed E-state index contributed by atoms with van der Waals surface area (Å²) in [7, 11) is 2.71. The van der Waals surface area contributed by atoms with Gasteiger partial charge in [0, 0.05) is 44.2 Å². The van der Waals surface area contributed by atoms with Gasteiger partial charge in [-0.25, -0.2) is 18.6 Å². The summed E-state index contributed by atoms with van der Waals surface area (Å²) in [5.41, 5.74) is 1.65. The maximum Gasteiger partial charge on any atom is 0.409 e. The molecule has 1 N–H and O–H groups in total. The fraction of sp³-hybridized carbons (Fsp3) is 0.423. The van der Waals surface area contributed by atoms with Gasteiger partial charge < -0.3 is 28.8 Å². The minimum Gasteiger partial charge on any atom is -0.453 e. The molecule has 37 heavy (non-hydrogen) atoms. The van der Waals surface area contributed by atoms with Crippen molar-refractivity contribution in [1.29, 1.82) is 0 Å². The maximum atomic E-state index is 15.4. The number of fused-ring (bicyclic) bond motifs is 1. The Kier molecular flexibility index (Phi) is 6.59. The highest BCUT2D eigenvalue weighted by molar-refractivity contribution is 5.94. The van der Waals surface area contributed by atoms with E-state index in [4.69, 9.17) is 14.2 Å². The zero-order chi connectivity index (χ0) is 26.3. The van der Waals surface area contributed by atoms with Crippen molar-refractivity contribution in [2.45, 2.75) is 25.6 Å². The molecule has 9 nitrogen and oxygen atoms in total. The van der Waals surface area contributed by atoms with E-state index in [1.807, 2.05) is 19.1 Å². The van der Waals surface area contributed by atoms with Crippen LogP contribution in [0.2, 0.25) is 0 Å². The van der Waals surface area contributed by atoms with E-state index in [-0.39, 0.29) is 35.7 Å². The molecule has 2 aliphatic heterocycles. The quantitative estimate of drug-likeness (QED) is 0.574. The number of amides is 2. The number of nitrogens with one attached hydrogen (secondary N) is 1. The molecule has 11 heteroatoms. The molecule has 2 fully saturated rings. The second kappa shape index (κ2) is 9.71. The molecule has 2 amide bonds. The number of carbonyl (C=O) groups is 2. The SMILES string of the molecule is CNC(=O)c1cc(F)c(-c2nc3cc(C)ccn3c2CC2CN(C(=O)OC)CCC23OCCO3)c(F)c1. The largest absolute Gasteiger partial charge is 0.453 e. The van der Waals surface area contributed by atoms with Gasteiger partial charge in [-0.05, 0) is 43.2 Å². The maximum absolute atomic E-state index is 15.4. The Hall–Kier alpha value is -3.57. The molecule has 1 unspecified atom stereocenters. The summed E-state index contributed by atoms with van der Waals surface area (Å²) in [5, 5.41) is 2.37. The highest BCUT2D eigenvalue weighted by atomic mass is 19.1. The third kappa shape index (κ3) is 4.42. The van der Waals surface area contributed by atoms with E-state index >= 15 is 8.78 Å². The molecule has 1 aromatic carbocycles. The van der Waals surface area contributed by atoms with Crippen molar-refractivity contribution in [3.05, 3.63) is 58.9 Å². The van der Waals surface area contributed by atoms with Gasteiger partial charge in [-0.3, -0.25) is 4.79 Å². The molecule has 0 saturated carbocycles. The van der Waals surface area contributed by atoms with Crippen LogP contribution in [-0.2, 0) is 20.6 Å². The first-order chi connectivity index (χ1) is 17.8. The molecule has 0 radical (unpaired) electrons. The first-order valence-corrected chi connectivity index (χ1v) is 12.1. The summed E-state index contributed by atoms with van der Waals surface area (Å²) < 4.78 is 49.6. The molecule has 5 rings (SSSR count). The molecule has 1 spiro atoms. The van der Waals surface area contributed by atoms with E-state index < -0.39 is 29.4 Å². The normalized spacial score (nSPS) is 18.9. The third-order valence-electron chi connectivity index (χ3n) is 7.09. The molecule has 4 heterocycles. The number of nitrogens with zero attached hydrogens (tertiary/aromatic N) is 3. The summed E-state index contributed by atoms with van der Waals surface area (Å²) in [5.74, 6) is -3.70. The lowest BCUT2D eigenvalue weighted by molar-refractivity contribution is -0.218. The van der Waals surface area contributed by atoms with Crippen molar-refractivity contribution < 1.29 is 32.6 Å². The molecular weight excluding hydrogens is 486 g/mol. The summed E-state index contributed by atoms with van der Waals surface area (Å²) >= 11 is 0. The number of aryl methyl sites for hydroxylation is 1. The molecule has 2 saturated heterocycles. The first kappa shape index (κ1) is 25.1. The topological polar surface area (TPSA) is 94.4 Å². The van der Waals surface area contributed by atoms with Crippen molar-refractivity contribution in [3.8, 4) is 11.3 Å². The number of methoxy groups -OCH3 is 1. The van der Waals surface area contributed by atoms with E-state index in [0.717, 1.165) is 17.7 Å². The number of hydrogen-bond donors (Lipinski definition) is 1. The van der Waals surface area contributed by atoms with Gasteiger partial charge in [-0.2, -0.15) is 0 Å². The van der Waals surface area contributed by atoms with Gasteiger partial charge in [0.15, 0.2) is 5.79 Å². The van der Waals surface area contributed by atoms with Crippen molar-refractivity contribution in [1.82, 2.24) is 19.6 Å². The van der Waals surface area contributed by atoms with Crippen LogP contribution in [-0.4, -0.2) is 72.5 Å². The van der Waals surface area contributed by atoms with Crippen LogP contribution in [0.4, 0.5) is 13.6 Å². The average molecular weight is 515 g/mol. The van der Waals surface area contributed by atoms with E-state index in [9.17, 15) is 9.59 Å². The number of halogens is 2. The smallest absolute Gasteiger partial charge is 0.409 e. The number of likely N-dealkylation sites (tertiary alicyclic amines) is 1. The van der Waals surface area contributed by atoms with Crippen LogP contribution in [0.15, 0.2) is 30.5 Å². The minimum absolute atomic E-state index is 0.118. The summed E-state index contributed by atoms with van der Waals surface area (Å²) in [6.07, 6.45) is 2.02. The van der Waals surface area contributed by atoms with Gasteiger partial charge in [0.05, 0.1) is 37.3 Å².